The third-order valence-corrected chi connectivity index (χ3v) is 2.80. The van der Waals surface area contributed by atoms with Gasteiger partial charge in [-0.3, -0.25) is 4.79 Å². The number of amides is 1. The largest absolute Gasteiger partial charge is 0.369 e. The molecule has 2 N–H and O–H groups in total. The first-order valence-corrected chi connectivity index (χ1v) is 6.76. The van der Waals surface area contributed by atoms with E-state index in [1.807, 2.05) is 13.8 Å². The second-order valence-corrected chi connectivity index (χ2v) is 5.35. The van der Waals surface area contributed by atoms with Crippen LogP contribution in [-0.2, 0) is 14.3 Å². The van der Waals surface area contributed by atoms with Gasteiger partial charge in [-0.1, -0.05) is 13.3 Å². The zero-order valence-electron chi connectivity index (χ0n) is 11.8. The standard InChI is InChI=1S/C13H26N2O3/c1-4-5-6-15-12(16)9-17-8-11-7-14-10-13(2,3)18-11/h11,14H,4-10H2,1-3H3,(H,15,16). The highest BCUT2D eigenvalue weighted by atomic mass is 16.5. The molecule has 0 aliphatic carbocycles. The molecular formula is C13H26N2O3. The molecule has 1 atom stereocenters. The summed E-state index contributed by atoms with van der Waals surface area (Å²) < 4.78 is 11.2. The van der Waals surface area contributed by atoms with E-state index in [0.29, 0.717) is 6.61 Å². The van der Waals surface area contributed by atoms with Crippen molar-refractivity contribution < 1.29 is 14.3 Å². The molecular weight excluding hydrogens is 232 g/mol. The highest BCUT2D eigenvalue weighted by Crippen LogP contribution is 2.15. The molecule has 1 amide bonds. The molecule has 18 heavy (non-hydrogen) atoms. The van der Waals surface area contributed by atoms with E-state index in [1.54, 1.807) is 0 Å². The van der Waals surface area contributed by atoms with Gasteiger partial charge in [-0.25, -0.2) is 0 Å². The van der Waals surface area contributed by atoms with Crippen molar-refractivity contribution in [2.75, 3.05) is 32.8 Å². The quantitative estimate of drug-likeness (QED) is 0.660. The third-order valence-electron chi connectivity index (χ3n) is 2.80. The van der Waals surface area contributed by atoms with Crippen molar-refractivity contribution in [2.24, 2.45) is 0 Å². The Morgan fingerprint density at radius 2 is 2.33 bits per heavy atom. The molecule has 1 aliphatic heterocycles. The number of nitrogens with one attached hydrogen (secondary N) is 2. The average molecular weight is 258 g/mol. The average Bonchev–Trinajstić information content (AvgIpc) is 2.28. The van der Waals surface area contributed by atoms with E-state index in [1.165, 1.54) is 0 Å². The van der Waals surface area contributed by atoms with Crippen LogP contribution in [0.2, 0.25) is 0 Å². The van der Waals surface area contributed by atoms with E-state index >= 15 is 0 Å². The van der Waals surface area contributed by atoms with E-state index in [4.69, 9.17) is 9.47 Å². The molecule has 5 heteroatoms. The number of carbonyl (C=O) groups excluding carboxylic acids is 1. The van der Waals surface area contributed by atoms with E-state index < -0.39 is 0 Å². The Kier molecular flexibility index (Phi) is 6.60. The summed E-state index contributed by atoms with van der Waals surface area (Å²) in [7, 11) is 0. The number of morpholine rings is 1. The molecule has 1 rings (SSSR count). The van der Waals surface area contributed by atoms with E-state index in [-0.39, 0.29) is 24.2 Å². The Morgan fingerprint density at radius 1 is 1.56 bits per heavy atom. The monoisotopic (exact) mass is 258 g/mol. The van der Waals surface area contributed by atoms with Crippen molar-refractivity contribution in [3.63, 3.8) is 0 Å². The lowest BCUT2D eigenvalue weighted by molar-refractivity contribution is -0.135. The van der Waals surface area contributed by atoms with Gasteiger partial charge in [0.15, 0.2) is 0 Å². The van der Waals surface area contributed by atoms with Crippen LogP contribution in [0.3, 0.4) is 0 Å². The van der Waals surface area contributed by atoms with Crippen LogP contribution in [0.15, 0.2) is 0 Å². The molecule has 106 valence electrons. The van der Waals surface area contributed by atoms with Gasteiger partial charge in [-0.15, -0.1) is 0 Å². The van der Waals surface area contributed by atoms with Crippen molar-refractivity contribution in [3.05, 3.63) is 0 Å². The first-order valence-electron chi connectivity index (χ1n) is 6.76. The van der Waals surface area contributed by atoms with Crippen LogP contribution in [0.1, 0.15) is 33.6 Å². The van der Waals surface area contributed by atoms with Crippen molar-refractivity contribution >= 4 is 5.91 Å². The van der Waals surface area contributed by atoms with Gasteiger partial charge in [0.05, 0.1) is 18.3 Å². The molecule has 1 aliphatic rings. The highest BCUT2D eigenvalue weighted by molar-refractivity contribution is 5.77. The molecule has 0 bridgehead atoms. The number of unbranched alkanes of at least 4 members (excludes halogenated alkanes) is 1. The summed E-state index contributed by atoms with van der Waals surface area (Å²) in [5, 5.41) is 6.12. The summed E-state index contributed by atoms with van der Waals surface area (Å²) in [5.41, 5.74) is -0.157. The predicted molar refractivity (Wildman–Crippen MR) is 70.6 cm³/mol. The lowest BCUT2D eigenvalue weighted by Gasteiger charge is -2.36. The summed E-state index contributed by atoms with van der Waals surface area (Å²) in [6, 6.07) is 0. The maximum absolute atomic E-state index is 11.4. The smallest absolute Gasteiger partial charge is 0.245 e. The predicted octanol–water partition coefficient (Wildman–Crippen LogP) is 0.686. The number of carbonyl (C=O) groups is 1. The van der Waals surface area contributed by atoms with Gasteiger partial charge in [0.2, 0.25) is 5.91 Å². The fourth-order valence-corrected chi connectivity index (χ4v) is 1.90. The normalized spacial score (nSPS) is 22.7. The van der Waals surface area contributed by atoms with Crippen LogP contribution < -0.4 is 10.6 Å². The zero-order chi connectivity index (χ0) is 13.4. The van der Waals surface area contributed by atoms with Gasteiger partial charge in [0, 0.05) is 19.6 Å². The highest BCUT2D eigenvalue weighted by Gasteiger charge is 2.28. The number of ether oxygens (including phenoxy) is 2. The minimum absolute atomic E-state index is 0.0252. The summed E-state index contributed by atoms with van der Waals surface area (Å²) in [5.74, 6) is -0.0496. The molecule has 1 heterocycles. The lowest BCUT2D eigenvalue weighted by atomic mass is 10.1. The fourth-order valence-electron chi connectivity index (χ4n) is 1.90. The third kappa shape index (κ3) is 6.33. The molecule has 0 aromatic carbocycles. The van der Waals surface area contributed by atoms with Crippen molar-refractivity contribution in [3.8, 4) is 0 Å². The molecule has 0 aromatic heterocycles. The molecule has 1 fully saturated rings. The Morgan fingerprint density at radius 3 is 3.00 bits per heavy atom. The van der Waals surface area contributed by atoms with Gasteiger partial charge in [0.1, 0.15) is 6.61 Å². The number of rotatable bonds is 7. The second kappa shape index (κ2) is 7.71. The Hall–Kier alpha value is -0.650. The van der Waals surface area contributed by atoms with Crippen LogP contribution in [0.5, 0.6) is 0 Å². The summed E-state index contributed by atoms with van der Waals surface area (Å²) in [4.78, 5) is 11.4. The molecule has 0 aromatic rings. The maximum atomic E-state index is 11.4. The van der Waals surface area contributed by atoms with Crippen molar-refractivity contribution in [1.82, 2.24) is 10.6 Å². The van der Waals surface area contributed by atoms with Gasteiger partial charge >= 0.3 is 0 Å². The zero-order valence-corrected chi connectivity index (χ0v) is 11.8. The molecule has 1 unspecified atom stereocenters. The van der Waals surface area contributed by atoms with Crippen LogP contribution in [0.4, 0.5) is 0 Å². The van der Waals surface area contributed by atoms with Gasteiger partial charge < -0.3 is 20.1 Å². The first-order chi connectivity index (χ1) is 8.53. The SMILES string of the molecule is CCCCNC(=O)COCC1CNCC(C)(C)O1. The van der Waals surface area contributed by atoms with Crippen LogP contribution in [0, 0.1) is 0 Å². The Labute approximate surface area is 110 Å². The fraction of sp³-hybridized carbons (Fsp3) is 0.923. The second-order valence-electron chi connectivity index (χ2n) is 5.35. The summed E-state index contributed by atoms with van der Waals surface area (Å²) in [6.45, 7) is 9.11. The topological polar surface area (TPSA) is 59.6 Å². The maximum Gasteiger partial charge on any atom is 0.245 e. The van der Waals surface area contributed by atoms with Crippen LogP contribution in [-0.4, -0.2) is 50.5 Å². The molecule has 5 nitrogen and oxygen atoms in total. The van der Waals surface area contributed by atoms with Crippen molar-refractivity contribution in [2.45, 2.75) is 45.3 Å². The van der Waals surface area contributed by atoms with Crippen molar-refractivity contribution in [1.29, 1.82) is 0 Å². The van der Waals surface area contributed by atoms with Gasteiger partial charge in [-0.2, -0.15) is 0 Å². The summed E-state index contributed by atoms with van der Waals surface area (Å²) >= 11 is 0. The lowest BCUT2D eigenvalue weighted by Crippen LogP contribution is -2.52. The number of hydrogen-bond acceptors (Lipinski definition) is 4. The van der Waals surface area contributed by atoms with E-state index in [9.17, 15) is 4.79 Å². The molecule has 0 radical (unpaired) electrons. The van der Waals surface area contributed by atoms with E-state index in [2.05, 4.69) is 17.6 Å². The summed E-state index contributed by atoms with van der Waals surface area (Å²) in [6.07, 6.45) is 2.12. The van der Waals surface area contributed by atoms with Gasteiger partial charge in [0.25, 0.3) is 0 Å². The minimum Gasteiger partial charge on any atom is -0.369 e. The van der Waals surface area contributed by atoms with Crippen LogP contribution in [0.25, 0.3) is 0 Å². The molecule has 0 saturated carbocycles. The van der Waals surface area contributed by atoms with Gasteiger partial charge in [-0.05, 0) is 20.3 Å². The number of hydrogen-bond donors (Lipinski definition) is 2. The molecule has 1 saturated heterocycles. The Balaban J connectivity index is 2.08. The molecule has 0 spiro atoms. The minimum atomic E-state index is -0.157. The van der Waals surface area contributed by atoms with E-state index in [0.717, 1.165) is 32.5 Å². The van der Waals surface area contributed by atoms with Crippen LogP contribution >= 0.6 is 0 Å². The first kappa shape index (κ1) is 15.4. The Bertz CT molecular complexity index is 257.